The zero-order chi connectivity index (χ0) is 20.8. The number of ether oxygens (including phenoxy) is 1. The second-order valence-corrected chi connectivity index (χ2v) is 9.61. The van der Waals surface area contributed by atoms with E-state index in [0.717, 1.165) is 26.6 Å². The molecule has 0 spiro atoms. The molecule has 29 heavy (non-hydrogen) atoms. The number of anilines is 1. The van der Waals surface area contributed by atoms with Crippen molar-refractivity contribution in [1.82, 2.24) is 10.2 Å². The van der Waals surface area contributed by atoms with Crippen molar-refractivity contribution < 1.29 is 14.3 Å². The van der Waals surface area contributed by atoms with Gasteiger partial charge in [0.2, 0.25) is 0 Å². The van der Waals surface area contributed by atoms with E-state index in [0.29, 0.717) is 26.1 Å². The van der Waals surface area contributed by atoms with Crippen LogP contribution in [0, 0.1) is 0 Å². The minimum atomic E-state index is -0.293. The van der Waals surface area contributed by atoms with E-state index in [-0.39, 0.29) is 23.6 Å². The Hall–Kier alpha value is -2.54. The smallest absolute Gasteiger partial charge is 0.410 e. The topological polar surface area (TPSA) is 70.7 Å². The maximum atomic E-state index is 12.9. The summed E-state index contributed by atoms with van der Waals surface area (Å²) in [5.41, 5.74) is 4.16. The number of nitrogens with zero attached hydrogens (tertiary/aromatic N) is 1. The molecule has 2 aliphatic heterocycles. The molecule has 0 unspecified atom stereocenters. The van der Waals surface area contributed by atoms with Gasteiger partial charge in [0.05, 0.1) is 18.7 Å². The van der Waals surface area contributed by atoms with E-state index < -0.39 is 0 Å². The second kappa shape index (κ2) is 7.37. The first kappa shape index (κ1) is 19.8. The van der Waals surface area contributed by atoms with Gasteiger partial charge in [-0.15, -0.1) is 11.3 Å². The Bertz CT molecular complexity index is 943. The van der Waals surface area contributed by atoms with Gasteiger partial charge < -0.3 is 20.3 Å². The summed E-state index contributed by atoms with van der Waals surface area (Å²) in [5.74, 6) is -0.0502. The van der Waals surface area contributed by atoms with Gasteiger partial charge in [-0.05, 0) is 35.4 Å². The van der Waals surface area contributed by atoms with Crippen molar-refractivity contribution in [2.75, 3.05) is 18.5 Å². The summed E-state index contributed by atoms with van der Waals surface area (Å²) < 4.78 is 5.12. The molecule has 4 rings (SSSR count). The van der Waals surface area contributed by atoms with Crippen molar-refractivity contribution in [2.24, 2.45) is 0 Å². The summed E-state index contributed by atoms with van der Waals surface area (Å²) in [6, 6.07) is 8.38. The molecule has 0 bridgehead atoms. The number of fused-ring (bicyclic) bond motifs is 3. The molecule has 3 heterocycles. The number of carbonyl (C=O) groups excluding carboxylic acids is 2. The summed E-state index contributed by atoms with van der Waals surface area (Å²) in [4.78, 5) is 27.7. The van der Waals surface area contributed by atoms with Gasteiger partial charge in [0.15, 0.2) is 0 Å². The molecule has 2 aromatic rings. The molecule has 0 saturated heterocycles. The van der Waals surface area contributed by atoms with Crippen LogP contribution in [0.1, 0.15) is 65.8 Å². The van der Waals surface area contributed by atoms with Gasteiger partial charge in [0, 0.05) is 11.4 Å². The Morgan fingerprint density at radius 2 is 1.97 bits per heavy atom. The first-order valence-electron chi connectivity index (χ1n) is 10.0. The van der Waals surface area contributed by atoms with Crippen LogP contribution in [0.3, 0.4) is 0 Å². The van der Waals surface area contributed by atoms with E-state index in [2.05, 4.69) is 55.7 Å². The Morgan fingerprint density at radius 3 is 2.62 bits per heavy atom. The minimum Gasteiger partial charge on any atom is -0.450 e. The minimum absolute atomic E-state index is 0.0502. The summed E-state index contributed by atoms with van der Waals surface area (Å²) in [6.45, 7) is 9.79. The van der Waals surface area contributed by atoms with Crippen molar-refractivity contribution in [2.45, 2.75) is 52.2 Å². The lowest BCUT2D eigenvalue weighted by molar-refractivity contribution is 0.0934. The Labute approximate surface area is 175 Å². The van der Waals surface area contributed by atoms with E-state index in [1.165, 1.54) is 5.56 Å². The highest BCUT2D eigenvalue weighted by molar-refractivity contribution is 7.16. The molecule has 0 aliphatic carbocycles. The van der Waals surface area contributed by atoms with Gasteiger partial charge in [0.25, 0.3) is 5.91 Å². The van der Waals surface area contributed by atoms with Crippen molar-refractivity contribution >= 4 is 28.3 Å². The first-order valence-corrected chi connectivity index (χ1v) is 10.8. The van der Waals surface area contributed by atoms with Crippen LogP contribution in [0.5, 0.6) is 0 Å². The Morgan fingerprint density at radius 1 is 1.24 bits per heavy atom. The molecule has 2 amide bonds. The highest BCUT2D eigenvalue weighted by Gasteiger charge is 2.34. The van der Waals surface area contributed by atoms with E-state index in [9.17, 15) is 9.59 Å². The molecule has 2 aliphatic rings. The fraction of sp³-hybridized carbons (Fsp3) is 0.455. The van der Waals surface area contributed by atoms with Crippen LogP contribution in [0.2, 0.25) is 0 Å². The molecule has 0 saturated carbocycles. The fourth-order valence-electron chi connectivity index (χ4n) is 3.83. The molecular weight excluding hydrogens is 386 g/mol. The maximum Gasteiger partial charge on any atom is 0.410 e. The van der Waals surface area contributed by atoms with Crippen molar-refractivity contribution in [3.05, 3.63) is 51.4 Å². The number of nitrogens with one attached hydrogen (secondary N) is 2. The Kier molecular flexibility index (Phi) is 5.02. The van der Waals surface area contributed by atoms with E-state index in [1.807, 2.05) is 0 Å². The normalized spacial score (nSPS) is 18.4. The van der Waals surface area contributed by atoms with Gasteiger partial charge in [-0.1, -0.05) is 45.0 Å². The number of hydrogen-bond donors (Lipinski definition) is 2. The van der Waals surface area contributed by atoms with E-state index in [1.54, 1.807) is 23.2 Å². The molecule has 1 atom stereocenters. The van der Waals surface area contributed by atoms with E-state index in [4.69, 9.17) is 4.74 Å². The monoisotopic (exact) mass is 413 g/mol. The highest BCUT2D eigenvalue weighted by atomic mass is 32.1. The Balaban J connectivity index is 1.56. The molecule has 1 aromatic heterocycles. The lowest BCUT2D eigenvalue weighted by Gasteiger charge is -2.28. The summed E-state index contributed by atoms with van der Waals surface area (Å²) in [7, 11) is 0. The molecular formula is C22H27N3O3S. The standard InChI is InChI=1S/C22H27N3O3S/c1-5-28-21(27)25-11-10-15-16(12-25)29-20-17(15)19(26)23-18(24-20)13-6-8-14(9-7-13)22(2,3)4/h6-9,18,24H,5,10-12H2,1-4H3,(H,23,26)/t18-/m1/s1. The van der Waals surface area contributed by atoms with Crippen LogP contribution in [-0.2, 0) is 23.1 Å². The van der Waals surface area contributed by atoms with Gasteiger partial charge in [0.1, 0.15) is 11.2 Å². The quantitative estimate of drug-likeness (QED) is 0.765. The van der Waals surface area contributed by atoms with Crippen molar-refractivity contribution in [3.8, 4) is 0 Å². The van der Waals surface area contributed by atoms with Crippen LogP contribution in [0.25, 0.3) is 0 Å². The molecule has 1 aromatic carbocycles. The average molecular weight is 414 g/mol. The van der Waals surface area contributed by atoms with Gasteiger partial charge in [-0.25, -0.2) is 4.79 Å². The predicted molar refractivity (Wildman–Crippen MR) is 114 cm³/mol. The molecule has 7 heteroatoms. The van der Waals surface area contributed by atoms with Gasteiger partial charge in [-0.3, -0.25) is 4.79 Å². The van der Waals surface area contributed by atoms with Gasteiger partial charge in [-0.2, -0.15) is 0 Å². The fourth-order valence-corrected chi connectivity index (χ4v) is 5.12. The third kappa shape index (κ3) is 3.71. The van der Waals surface area contributed by atoms with E-state index >= 15 is 0 Å². The zero-order valence-corrected chi connectivity index (χ0v) is 18.1. The van der Waals surface area contributed by atoms with Crippen LogP contribution >= 0.6 is 11.3 Å². The molecule has 154 valence electrons. The van der Waals surface area contributed by atoms with Crippen molar-refractivity contribution in [3.63, 3.8) is 0 Å². The molecule has 0 fully saturated rings. The zero-order valence-electron chi connectivity index (χ0n) is 17.3. The summed E-state index contributed by atoms with van der Waals surface area (Å²) in [5, 5.41) is 7.45. The second-order valence-electron chi connectivity index (χ2n) is 8.50. The molecule has 0 radical (unpaired) electrons. The lowest BCUT2D eigenvalue weighted by Crippen LogP contribution is -2.39. The summed E-state index contributed by atoms with van der Waals surface area (Å²) in [6.07, 6.45) is 0.115. The van der Waals surface area contributed by atoms with Crippen LogP contribution < -0.4 is 10.6 Å². The van der Waals surface area contributed by atoms with Crippen LogP contribution in [0.4, 0.5) is 9.80 Å². The largest absolute Gasteiger partial charge is 0.450 e. The third-order valence-corrected chi connectivity index (χ3v) is 6.62. The molecule has 2 N–H and O–H groups in total. The van der Waals surface area contributed by atoms with Crippen LogP contribution in [0.15, 0.2) is 24.3 Å². The van der Waals surface area contributed by atoms with Gasteiger partial charge >= 0.3 is 6.09 Å². The number of rotatable bonds is 2. The number of hydrogen-bond acceptors (Lipinski definition) is 5. The number of benzene rings is 1. The molecule has 6 nitrogen and oxygen atoms in total. The van der Waals surface area contributed by atoms with Crippen LogP contribution in [-0.4, -0.2) is 30.1 Å². The highest BCUT2D eigenvalue weighted by Crippen LogP contribution is 2.41. The average Bonchev–Trinajstić information content (AvgIpc) is 3.05. The number of amides is 2. The first-order chi connectivity index (χ1) is 13.8. The maximum absolute atomic E-state index is 12.9. The lowest BCUT2D eigenvalue weighted by atomic mass is 9.86. The third-order valence-electron chi connectivity index (χ3n) is 5.47. The van der Waals surface area contributed by atoms with Crippen molar-refractivity contribution in [1.29, 1.82) is 0 Å². The number of thiophene rings is 1. The SMILES string of the molecule is CCOC(=O)N1CCc2c(sc3c2C(=O)N[C@@H](c2ccc(C(C)(C)C)cc2)N3)C1. The number of carbonyl (C=O) groups is 2. The predicted octanol–water partition coefficient (Wildman–Crippen LogP) is 4.41. The summed E-state index contributed by atoms with van der Waals surface area (Å²) >= 11 is 1.57.